The first-order valence-corrected chi connectivity index (χ1v) is 17.0. The maximum Gasteiger partial charge on any atom is 0.187 e. The number of Topliss-reactive ketones (excluding diaryl/α,β-unsaturated/α-hetero) is 2. The van der Waals surface area contributed by atoms with Crippen LogP contribution in [0.2, 0.25) is 0 Å². The molecule has 4 N–H and O–H groups in total. The van der Waals surface area contributed by atoms with Gasteiger partial charge in [0.1, 0.15) is 36.0 Å². The number of hydrogen-bond donors (Lipinski definition) is 4. The number of carbonyl (C=O) groups is 2. The highest BCUT2D eigenvalue weighted by Gasteiger charge is 2.72. The standard InChI is InChI=1S/C36H58O8/c1-20(2)10-9-14-36(8,44-31-30(42)29(41)28(40)23(19-37)43-31)21-11-16-35(7)27(21)22(38)18-25-33(5)15-13-26(39)32(3,4)24(33)12-17-34(25,35)6/h10,21,23-25,27-31,37,40-42H,9,11-19H2,1-8H3/t21-,23+,24-,25+,27-,28+,29-,30+,31-,33-,34+,35+,36-/m0/s1. The van der Waals surface area contributed by atoms with Gasteiger partial charge in [-0.15, -0.1) is 0 Å². The molecule has 0 bridgehead atoms. The van der Waals surface area contributed by atoms with E-state index in [0.717, 1.165) is 32.1 Å². The van der Waals surface area contributed by atoms with E-state index in [1.807, 2.05) is 20.8 Å². The van der Waals surface area contributed by atoms with Crippen molar-refractivity contribution < 1.29 is 39.5 Å². The van der Waals surface area contributed by atoms with E-state index in [0.29, 0.717) is 31.5 Å². The molecular weight excluding hydrogens is 560 g/mol. The lowest BCUT2D eigenvalue weighted by Crippen LogP contribution is -2.66. The molecule has 1 saturated heterocycles. The number of hydrogen-bond acceptors (Lipinski definition) is 8. The summed E-state index contributed by atoms with van der Waals surface area (Å²) >= 11 is 0. The molecule has 8 nitrogen and oxygen atoms in total. The van der Waals surface area contributed by atoms with Gasteiger partial charge in [-0.25, -0.2) is 0 Å². The molecule has 1 heterocycles. The maximum atomic E-state index is 14.6. The summed E-state index contributed by atoms with van der Waals surface area (Å²) in [6.07, 6.45) is 2.24. The number of rotatable bonds is 7. The summed E-state index contributed by atoms with van der Waals surface area (Å²) in [6, 6.07) is 0. The van der Waals surface area contributed by atoms with E-state index in [4.69, 9.17) is 9.47 Å². The molecule has 5 rings (SSSR count). The molecule has 250 valence electrons. The third kappa shape index (κ3) is 5.00. The average molecular weight is 619 g/mol. The SMILES string of the molecule is CC(C)=CCC[C@](C)(O[C@@H]1O[C@H](CO)[C@@H](O)[C@H](O)[C@H]1O)[C@H]1CC[C@]2(C)[C@@H]1C(=O)C[C@@H]1[C@@]3(C)CCC(=O)C(C)(C)[C@@H]3CC[C@]12C. The van der Waals surface area contributed by atoms with Crippen LogP contribution in [0.3, 0.4) is 0 Å². The maximum absolute atomic E-state index is 14.6. The van der Waals surface area contributed by atoms with Crippen LogP contribution in [-0.4, -0.2) is 74.9 Å². The number of ether oxygens (including phenoxy) is 2. The Bertz CT molecular complexity index is 1160. The highest BCUT2D eigenvalue weighted by molar-refractivity contribution is 5.86. The van der Waals surface area contributed by atoms with Crippen molar-refractivity contribution in [3.05, 3.63) is 11.6 Å². The number of carbonyl (C=O) groups excluding carboxylic acids is 2. The van der Waals surface area contributed by atoms with E-state index in [2.05, 4.69) is 40.7 Å². The highest BCUT2D eigenvalue weighted by Crippen LogP contribution is 2.75. The lowest BCUT2D eigenvalue weighted by molar-refractivity contribution is -0.333. The second-order valence-electron chi connectivity index (χ2n) is 16.9. The molecule has 0 spiro atoms. The summed E-state index contributed by atoms with van der Waals surface area (Å²) in [7, 11) is 0. The van der Waals surface area contributed by atoms with Gasteiger partial charge in [0.05, 0.1) is 12.2 Å². The summed E-state index contributed by atoms with van der Waals surface area (Å²) in [5.41, 5.74) is -0.484. The number of aliphatic hydroxyl groups excluding tert-OH is 4. The molecule has 5 fully saturated rings. The molecule has 4 aliphatic carbocycles. The van der Waals surface area contributed by atoms with E-state index in [1.165, 1.54) is 5.57 Å². The van der Waals surface area contributed by atoms with Crippen molar-refractivity contribution >= 4 is 11.6 Å². The first kappa shape index (κ1) is 34.2. The monoisotopic (exact) mass is 618 g/mol. The number of ketones is 2. The van der Waals surface area contributed by atoms with Crippen LogP contribution < -0.4 is 0 Å². The molecule has 0 aromatic rings. The van der Waals surface area contributed by atoms with Crippen LogP contribution in [0.15, 0.2) is 11.6 Å². The number of fused-ring (bicyclic) bond motifs is 5. The van der Waals surface area contributed by atoms with Crippen molar-refractivity contribution in [2.45, 2.75) is 149 Å². The van der Waals surface area contributed by atoms with Crippen molar-refractivity contribution in [2.75, 3.05) is 6.61 Å². The third-order valence-electron chi connectivity index (χ3n) is 14.1. The van der Waals surface area contributed by atoms with Crippen LogP contribution in [-0.2, 0) is 19.1 Å². The largest absolute Gasteiger partial charge is 0.394 e. The molecule has 13 atom stereocenters. The van der Waals surface area contributed by atoms with E-state index < -0.39 is 42.9 Å². The Labute approximate surface area is 264 Å². The van der Waals surface area contributed by atoms with Gasteiger partial charge in [-0.05, 0) is 99.7 Å². The Morgan fingerprint density at radius 1 is 0.955 bits per heavy atom. The quantitative estimate of drug-likeness (QED) is 0.301. The van der Waals surface area contributed by atoms with Gasteiger partial charge >= 0.3 is 0 Å². The fourth-order valence-electron chi connectivity index (χ4n) is 11.3. The Morgan fingerprint density at radius 2 is 1.61 bits per heavy atom. The van der Waals surface area contributed by atoms with Gasteiger partial charge in [-0.2, -0.15) is 0 Å². The third-order valence-corrected chi connectivity index (χ3v) is 14.1. The van der Waals surface area contributed by atoms with E-state index in [1.54, 1.807) is 0 Å². The fraction of sp³-hybridized carbons (Fsp3) is 0.889. The summed E-state index contributed by atoms with van der Waals surface area (Å²) < 4.78 is 12.5. The molecule has 44 heavy (non-hydrogen) atoms. The first-order chi connectivity index (χ1) is 20.4. The first-order valence-electron chi connectivity index (χ1n) is 17.0. The molecule has 0 aromatic heterocycles. The van der Waals surface area contributed by atoms with Crippen molar-refractivity contribution in [1.29, 1.82) is 0 Å². The van der Waals surface area contributed by atoms with Crippen LogP contribution in [0.25, 0.3) is 0 Å². The summed E-state index contributed by atoms with van der Waals surface area (Å²) in [4.78, 5) is 27.6. The van der Waals surface area contributed by atoms with Crippen LogP contribution in [0, 0.1) is 45.3 Å². The van der Waals surface area contributed by atoms with Gasteiger partial charge in [0.15, 0.2) is 6.29 Å². The zero-order valence-corrected chi connectivity index (χ0v) is 28.3. The molecule has 1 aliphatic heterocycles. The summed E-state index contributed by atoms with van der Waals surface area (Å²) in [6.45, 7) is 16.9. The lowest BCUT2D eigenvalue weighted by atomic mass is 9.35. The predicted molar refractivity (Wildman–Crippen MR) is 166 cm³/mol. The summed E-state index contributed by atoms with van der Waals surface area (Å²) in [5, 5.41) is 41.6. The Morgan fingerprint density at radius 3 is 2.25 bits per heavy atom. The molecule has 4 saturated carbocycles. The molecular formula is C36H58O8. The van der Waals surface area contributed by atoms with Gasteiger partial charge in [-0.1, -0.05) is 46.3 Å². The minimum Gasteiger partial charge on any atom is -0.394 e. The average Bonchev–Trinajstić information content (AvgIpc) is 3.33. The van der Waals surface area contributed by atoms with E-state index in [-0.39, 0.29) is 51.1 Å². The van der Waals surface area contributed by atoms with Gasteiger partial charge in [0, 0.05) is 24.2 Å². The van der Waals surface area contributed by atoms with Gasteiger partial charge < -0.3 is 29.9 Å². The Balaban J connectivity index is 1.49. The minimum atomic E-state index is -1.53. The van der Waals surface area contributed by atoms with Gasteiger partial charge in [0.2, 0.25) is 0 Å². The Hall–Kier alpha value is -1.16. The predicted octanol–water partition coefficient (Wildman–Crippen LogP) is 4.74. The van der Waals surface area contributed by atoms with Crippen LogP contribution in [0.4, 0.5) is 0 Å². The van der Waals surface area contributed by atoms with Crippen molar-refractivity contribution in [3.8, 4) is 0 Å². The molecule has 0 aromatic carbocycles. The van der Waals surface area contributed by atoms with Crippen molar-refractivity contribution in [1.82, 2.24) is 0 Å². The molecule has 0 radical (unpaired) electrons. The minimum absolute atomic E-state index is 0.0774. The summed E-state index contributed by atoms with van der Waals surface area (Å²) in [5.74, 6) is 0.739. The zero-order valence-electron chi connectivity index (χ0n) is 28.3. The second kappa shape index (κ2) is 11.5. The van der Waals surface area contributed by atoms with Crippen LogP contribution in [0.1, 0.15) is 113 Å². The zero-order chi connectivity index (χ0) is 32.6. The van der Waals surface area contributed by atoms with E-state index in [9.17, 15) is 30.0 Å². The van der Waals surface area contributed by atoms with Crippen molar-refractivity contribution in [3.63, 3.8) is 0 Å². The smallest absolute Gasteiger partial charge is 0.187 e. The van der Waals surface area contributed by atoms with Crippen LogP contribution >= 0.6 is 0 Å². The molecule has 8 heteroatoms. The van der Waals surface area contributed by atoms with E-state index >= 15 is 0 Å². The van der Waals surface area contributed by atoms with Gasteiger partial charge in [-0.3, -0.25) is 9.59 Å². The normalized spacial score (nSPS) is 48.1. The molecule has 5 aliphatic rings. The van der Waals surface area contributed by atoms with Crippen LogP contribution in [0.5, 0.6) is 0 Å². The fourth-order valence-corrected chi connectivity index (χ4v) is 11.3. The molecule has 0 unspecified atom stereocenters. The molecule has 0 amide bonds. The topological polar surface area (TPSA) is 134 Å². The van der Waals surface area contributed by atoms with Crippen molar-refractivity contribution in [2.24, 2.45) is 45.3 Å². The highest BCUT2D eigenvalue weighted by atomic mass is 16.7. The van der Waals surface area contributed by atoms with Gasteiger partial charge in [0.25, 0.3) is 0 Å². The lowest BCUT2D eigenvalue weighted by Gasteiger charge is -2.68. The second-order valence-corrected chi connectivity index (χ2v) is 16.9. The number of aliphatic hydroxyl groups is 4. The Kier molecular flexibility index (Phi) is 8.95. The number of allylic oxidation sites excluding steroid dienone is 2.